The van der Waals surface area contributed by atoms with Crippen molar-refractivity contribution in [3.63, 3.8) is 0 Å². The zero-order valence-corrected chi connectivity index (χ0v) is 16.9. The first-order valence-corrected chi connectivity index (χ1v) is 9.49. The maximum atomic E-state index is 15.5. The van der Waals surface area contributed by atoms with Crippen LogP contribution in [0, 0.1) is 5.92 Å². The third kappa shape index (κ3) is 4.30. The monoisotopic (exact) mass is 508 g/mol. The quantitative estimate of drug-likeness (QED) is 0.307. The molecule has 1 saturated carbocycles. The van der Waals surface area contributed by atoms with E-state index in [1.807, 2.05) is 0 Å². The molecule has 1 N–H and O–H groups in total. The molecule has 3 unspecified atom stereocenters. The van der Waals surface area contributed by atoms with Gasteiger partial charge in [0, 0.05) is 12.3 Å². The van der Waals surface area contributed by atoms with E-state index in [2.05, 4.69) is 16.1 Å². The largest absolute Gasteiger partial charge is 0.449 e. The first-order chi connectivity index (χ1) is 14.6. The second-order valence-corrected chi connectivity index (χ2v) is 8.31. The average molecular weight is 508 g/mol. The van der Waals surface area contributed by atoms with Crippen molar-refractivity contribution in [1.82, 2.24) is 0 Å². The number of carbonyl (C=O) groups excluding carboxylic acids is 1. The lowest BCUT2D eigenvalue weighted by Gasteiger charge is -2.58. The summed E-state index contributed by atoms with van der Waals surface area (Å²) in [4.78, 5) is 12.1. The van der Waals surface area contributed by atoms with Gasteiger partial charge in [0.05, 0.1) is 0 Å². The lowest BCUT2D eigenvalue weighted by molar-refractivity contribution is -0.520. The van der Waals surface area contributed by atoms with Crippen LogP contribution in [0.5, 0.6) is 0 Å². The third-order valence-corrected chi connectivity index (χ3v) is 6.04. The van der Waals surface area contributed by atoms with Crippen LogP contribution in [0.3, 0.4) is 0 Å². The Morgan fingerprint density at radius 1 is 0.970 bits per heavy atom. The number of carbonyl (C=O) groups is 1. The maximum Gasteiger partial charge on any atom is 0.449 e. The fraction of sp³-hybridized carbons (Fsp3) is 0.833. The molecule has 0 aromatic rings. The van der Waals surface area contributed by atoms with Crippen molar-refractivity contribution in [2.45, 2.75) is 86.9 Å². The van der Waals surface area contributed by atoms with Gasteiger partial charge in [0.25, 0.3) is 0 Å². The summed E-state index contributed by atoms with van der Waals surface area (Å²) in [7, 11) is 0. The van der Waals surface area contributed by atoms with Crippen LogP contribution in [-0.4, -0.2) is 52.5 Å². The summed E-state index contributed by atoms with van der Waals surface area (Å²) in [6.45, 7) is 2.21. The Morgan fingerprint density at radius 3 is 1.85 bits per heavy atom. The molecule has 0 amide bonds. The Kier molecular flexibility index (Phi) is 6.65. The van der Waals surface area contributed by atoms with E-state index in [0.717, 1.165) is 0 Å². The van der Waals surface area contributed by atoms with Gasteiger partial charge in [-0.05, 0) is 19.8 Å². The molecule has 33 heavy (non-hydrogen) atoms. The molecule has 2 aliphatic rings. The van der Waals surface area contributed by atoms with Crippen molar-refractivity contribution < 1.29 is 67.7 Å². The minimum Gasteiger partial charge on any atom is -0.448 e. The van der Waals surface area contributed by atoms with E-state index >= 15 is 8.78 Å². The number of esters is 1. The van der Waals surface area contributed by atoms with E-state index in [4.69, 9.17) is 0 Å². The molecule has 1 aliphatic heterocycles. The summed E-state index contributed by atoms with van der Waals surface area (Å²) in [5.74, 6) is -16.3. The summed E-state index contributed by atoms with van der Waals surface area (Å²) in [5, 5.41) is 9.88. The highest BCUT2D eigenvalue weighted by molar-refractivity contribution is 5.89. The van der Waals surface area contributed by atoms with Gasteiger partial charge in [-0.1, -0.05) is 25.8 Å². The Bertz CT molecular complexity index is 782. The van der Waals surface area contributed by atoms with Gasteiger partial charge in [0.1, 0.15) is 5.57 Å². The number of rotatable bonds is 3. The molecule has 1 aliphatic carbocycles. The molecule has 2 rings (SSSR count). The van der Waals surface area contributed by atoms with Crippen molar-refractivity contribution in [2.75, 3.05) is 0 Å². The summed E-state index contributed by atoms with van der Waals surface area (Å²) in [5.41, 5.74) is -10.8. The van der Waals surface area contributed by atoms with Gasteiger partial charge in [-0.15, -0.1) is 0 Å². The summed E-state index contributed by atoms with van der Waals surface area (Å²) < 4.78 is 159. The highest BCUT2D eigenvalue weighted by atomic mass is 19.4. The van der Waals surface area contributed by atoms with Crippen LogP contribution < -0.4 is 0 Å². The van der Waals surface area contributed by atoms with Gasteiger partial charge < -0.3 is 14.6 Å². The van der Waals surface area contributed by atoms with Crippen LogP contribution in [-0.2, 0) is 14.3 Å². The van der Waals surface area contributed by atoms with Gasteiger partial charge in [-0.2, -0.15) is 48.3 Å². The zero-order valence-electron chi connectivity index (χ0n) is 16.9. The van der Waals surface area contributed by atoms with Crippen LogP contribution in [0.1, 0.15) is 45.4 Å². The third-order valence-electron chi connectivity index (χ3n) is 6.04. The van der Waals surface area contributed by atoms with Gasteiger partial charge in [0.15, 0.2) is 11.2 Å². The second kappa shape index (κ2) is 7.95. The van der Waals surface area contributed by atoms with E-state index in [-0.39, 0.29) is 19.8 Å². The Balaban J connectivity index is 2.82. The van der Waals surface area contributed by atoms with Gasteiger partial charge in [-0.25, -0.2) is 4.79 Å². The van der Waals surface area contributed by atoms with Crippen LogP contribution >= 0.6 is 0 Å². The highest BCUT2D eigenvalue weighted by Gasteiger charge is 2.87. The summed E-state index contributed by atoms with van der Waals surface area (Å²) >= 11 is 0. The molecule has 0 aromatic heterocycles. The smallest absolute Gasteiger partial charge is 0.448 e. The molecule has 0 aromatic carbocycles. The van der Waals surface area contributed by atoms with Crippen LogP contribution in [0.4, 0.5) is 48.3 Å². The van der Waals surface area contributed by atoms with Crippen molar-refractivity contribution in [1.29, 1.82) is 0 Å². The topological polar surface area (TPSA) is 55.8 Å². The first kappa shape index (κ1) is 27.6. The number of hydrogen-bond donors (Lipinski definition) is 1. The SMILES string of the molecule is C=C(C(=O)OC1(C2CCCCC2)CC(C)(C(F)(F)F)OC(O)(C(F)(F)F)C1(F)F)C(F)(F)F. The maximum absolute atomic E-state index is 15.5. The molecule has 4 nitrogen and oxygen atoms in total. The Hall–Kier alpha value is -1.64. The van der Waals surface area contributed by atoms with E-state index in [1.165, 1.54) is 0 Å². The van der Waals surface area contributed by atoms with Crippen LogP contribution in [0.15, 0.2) is 12.2 Å². The standard InChI is InChI=1S/C18H19F11O4/c1-9(14(19,20)21)11(30)32-13(10-6-4-3-5-7-10)8-12(2,17(24,25)26)33-16(31,15(13,22)23)18(27,28)29/h10,31H,1,3-8H2,2H3. The predicted octanol–water partition coefficient (Wildman–Crippen LogP) is 5.59. The number of ether oxygens (including phenoxy) is 2. The summed E-state index contributed by atoms with van der Waals surface area (Å²) in [6, 6.07) is 0. The van der Waals surface area contributed by atoms with Crippen LogP contribution in [0.25, 0.3) is 0 Å². The Labute approximate surface area is 179 Å². The van der Waals surface area contributed by atoms with E-state index in [9.17, 15) is 49.4 Å². The normalized spacial score (nSPS) is 34.1. The minimum atomic E-state index is -6.57. The van der Waals surface area contributed by atoms with E-state index < -0.39 is 78.2 Å². The number of aliphatic hydroxyl groups is 1. The lowest BCUT2D eigenvalue weighted by atomic mass is 9.64. The molecule has 2 fully saturated rings. The molecule has 192 valence electrons. The fourth-order valence-corrected chi connectivity index (χ4v) is 4.21. The second-order valence-electron chi connectivity index (χ2n) is 8.31. The molecule has 0 bridgehead atoms. The predicted molar refractivity (Wildman–Crippen MR) is 86.7 cm³/mol. The molecule has 3 atom stereocenters. The highest BCUT2D eigenvalue weighted by Crippen LogP contribution is 2.63. The zero-order chi connectivity index (χ0) is 25.9. The summed E-state index contributed by atoms with van der Waals surface area (Å²) in [6.07, 6.45) is -20.9. The molecular weight excluding hydrogens is 489 g/mol. The average Bonchev–Trinajstić information content (AvgIpc) is 2.63. The van der Waals surface area contributed by atoms with Crippen molar-refractivity contribution in [3.8, 4) is 0 Å². The van der Waals surface area contributed by atoms with Gasteiger partial charge in [-0.3, -0.25) is 0 Å². The molecule has 1 saturated heterocycles. The van der Waals surface area contributed by atoms with Crippen molar-refractivity contribution in [3.05, 3.63) is 12.2 Å². The molecule has 15 heteroatoms. The number of alkyl halides is 11. The molecular formula is C18H19F11O4. The fourth-order valence-electron chi connectivity index (χ4n) is 4.21. The molecule has 0 spiro atoms. The number of hydrogen-bond acceptors (Lipinski definition) is 4. The lowest BCUT2D eigenvalue weighted by Crippen LogP contribution is -2.80. The molecule has 1 heterocycles. The van der Waals surface area contributed by atoms with Crippen molar-refractivity contribution >= 4 is 5.97 Å². The van der Waals surface area contributed by atoms with Gasteiger partial charge in [0.2, 0.25) is 0 Å². The minimum absolute atomic E-state index is 0.00565. The van der Waals surface area contributed by atoms with E-state index in [1.54, 1.807) is 0 Å². The van der Waals surface area contributed by atoms with Crippen LogP contribution in [0.2, 0.25) is 0 Å². The number of halogens is 11. The van der Waals surface area contributed by atoms with Gasteiger partial charge >= 0.3 is 36.2 Å². The Morgan fingerprint density at radius 2 is 1.45 bits per heavy atom. The first-order valence-electron chi connectivity index (χ1n) is 9.49. The van der Waals surface area contributed by atoms with E-state index in [0.29, 0.717) is 6.42 Å². The van der Waals surface area contributed by atoms with Crippen molar-refractivity contribution in [2.24, 2.45) is 5.92 Å². The molecule has 0 radical (unpaired) electrons.